The van der Waals surface area contributed by atoms with Gasteiger partial charge < -0.3 is 5.32 Å². The van der Waals surface area contributed by atoms with Gasteiger partial charge in [-0.15, -0.1) is 11.3 Å². The molecule has 0 radical (unpaired) electrons. The summed E-state index contributed by atoms with van der Waals surface area (Å²) in [5.41, 5.74) is 1.27. The van der Waals surface area contributed by atoms with Gasteiger partial charge in [-0.3, -0.25) is 9.58 Å². The van der Waals surface area contributed by atoms with Gasteiger partial charge in [0.2, 0.25) is 0 Å². The average molecular weight is 290 g/mol. The van der Waals surface area contributed by atoms with E-state index < -0.39 is 0 Å². The maximum atomic E-state index is 4.21. The molecule has 20 heavy (non-hydrogen) atoms. The molecule has 4 nitrogen and oxygen atoms in total. The van der Waals surface area contributed by atoms with Crippen LogP contribution in [-0.4, -0.2) is 27.8 Å². The Bertz CT molecular complexity index is 556. The first-order valence-corrected chi connectivity index (χ1v) is 7.98. The zero-order chi connectivity index (χ0) is 13.9. The average Bonchev–Trinajstić information content (AvgIpc) is 3.00. The number of nitrogens with zero attached hydrogens (tertiary/aromatic N) is 3. The topological polar surface area (TPSA) is 33.1 Å². The van der Waals surface area contributed by atoms with E-state index in [4.69, 9.17) is 0 Å². The Morgan fingerprint density at radius 1 is 1.35 bits per heavy atom. The van der Waals surface area contributed by atoms with E-state index in [2.05, 4.69) is 40.7 Å². The van der Waals surface area contributed by atoms with E-state index in [1.165, 1.54) is 28.2 Å². The number of hydrogen-bond acceptors (Lipinski definition) is 4. The van der Waals surface area contributed by atoms with Crippen LogP contribution in [0.25, 0.3) is 0 Å². The van der Waals surface area contributed by atoms with Crippen molar-refractivity contribution in [2.45, 2.75) is 38.5 Å². The number of thiophene rings is 1. The van der Waals surface area contributed by atoms with Crippen molar-refractivity contribution in [1.29, 1.82) is 0 Å². The van der Waals surface area contributed by atoms with Gasteiger partial charge in [0.25, 0.3) is 0 Å². The van der Waals surface area contributed by atoms with Crippen molar-refractivity contribution in [2.24, 2.45) is 7.05 Å². The van der Waals surface area contributed by atoms with E-state index in [9.17, 15) is 0 Å². The lowest BCUT2D eigenvalue weighted by atomic mass is 10.3. The maximum absolute atomic E-state index is 4.21. The highest BCUT2D eigenvalue weighted by molar-refractivity contribution is 7.11. The molecule has 0 amide bonds. The quantitative estimate of drug-likeness (QED) is 0.850. The molecule has 1 saturated carbocycles. The van der Waals surface area contributed by atoms with Crippen molar-refractivity contribution >= 4 is 11.3 Å². The van der Waals surface area contributed by atoms with E-state index in [-0.39, 0.29) is 0 Å². The molecule has 2 aromatic rings. The first-order chi connectivity index (χ1) is 9.69. The van der Waals surface area contributed by atoms with Crippen molar-refractivity contribution in [3.05, 3.63) is 39.8 Å². The lowest BCUT2D eigenvalue weighted by Crippen LogP contribution is -2.16. The third-order valence-electron chi connectivity index (χ3n) is 3.50. The van der Waals surface area contributed by atoms with E-state index >= 15 is 0 Å². The predicted molar refractivity (Wildman–Crippen MR) is 82.6 cm³/mol. The number of nitrogens with one attached hydrogen (secondary N) is 1. The molecule has 2 heterocycles. The van der Waals surface area contributed by atoms with Gasteiger partial charge in [-0.2, -0.15) is 5.10 Å². The Hall–Kier alpha value is -1.17. The molecule has 1 fully saturated rings. The van der Waals surface area contributed by atoms with Gasteiger partial charge in [-0.05, 0) is 32.0 Å². The van der Waals surface area contributed by atoms with Crippen molar-refractivity contribution in [1.82, 2.24) is 20.0 Å². The lowest BCUT2D eigenvalue weighted by molar-refractivity contribution is 0.322. The monoisotopic (exact) mass is 290 g/mol. The SMILES string of the molecule is CN(Cc1cnn(C)c1)Cc1ccc(CNC2CC2)s1. The fourth-order valence-corrected chi connectivity index (χ4v) is 3.37. The molecule has 0 aliphatic heterocycles. The Morgan fingerprint density at radius 2 is 2.15 bits per heavy atom. The van der Waals surface area contributed by atoms with Gasteiger partial charge >= 0.3 is 0 Å². The second-order valence-electron chi connectivity index (χ2n) is 5.72. The van der Waals surface area contributed by atoms with Gasteiger partial charge in [-0.25, -0.2) is 0 Å². The standard InChI is InChI=1S/C15H22N4S/c1-18(9-12-7-17-19(2)10-12)11-15-6-5-14(20-15)8-16-13-3-4-13/h5-7,10,13,16H,3-4,8-9,11H2,1-2H3. The second kappa shape index (κ2) is 6.08. The summed E-state index contributed by atoms with van der Waals surface area (Å²) >= 11 is 1.92. The van der Waals surface area contributed by atoms with Crippen LogP contribution in [0.3, 0.4) is 0 Å². The molecule has 0 unspecified atom stereocenters. The summed E-state index contributed by atoms with van der Waals surface area (Å²) in [4.78, 5) is 5.21. The molecule has 5 heteroatoms. The highest BCUT2D eigenvalue weighted by Gasteiger charge is 2.20. The van der Waals surface area contributed by atoms with Crippen LogP contribution in [0.2, 0.25) is 0 Å². The Balaban J connectivity index is 1.48. The molecular formula is C15H22N4S. The van der Waals surface area contributed by atoms with Crippen molar-refractivity contribution < 1.29 is 0 Å². The predicted octanol–water partition coefficient (Wildman–Crippen LogP) is 2.37. The molecule has 0 atom stereocenters. The maximum Gasteiger partial charge on any atom is 0.0534 e. The van der Waals surface area contributed by atoms with E-state index in [1.54, 1.807) is 0 Å². The molecular weight excluding hydrogens is 268 g/mol. The summed E-state index contributed by atoms with van der Waals surface area (Å²) in [6.45, 7) is 2.98. The van der Waals surface area contributed by atoms with Gasteiger partial charge in [0.15, 0.2) is 0 Å². The van der Waals surface area contributed by atoms with Crippen LogP contribution in [0.4, 0.5) is 0 Å². The minimum absolute atomic E-state index is 0.786. The Morgan fingerprint density at radius 3 is 2.85 bits per heavy atom. The third-order valence-corrected chi connectivity index (χ3v) is 4.57. The summed E-state index contributed by atoms with van der Waals surface area (Å²) in [7, 11) is 4.12. The molecule has 2 aromatic heterocycles. The molecule has 1 aliphatic carbocycles. The van der Waals surface area contributed by atoms with Crippen LogP contribution in [-0.2, 0) is 26.7 Å². The highest BCUT2D eigenvalue weighted by Crippen LogP contribution is 2.22. The molecule has 1 aliphatic rings. The zero-order valence-corrected chi connectivity index (χ0v) is 13.0. The normalized spacial score (nSPS) is 15.2. The summed E-state index contributed by atoms with van der Waals surface area (Å²) < 4.78 is 1.86. The summed E-state index contributed by atoms with van der Waals surface area (Å²) in [5.74, 6) is 0. The molecule has 3 rings (SSSR count). The minimum Gasteiger partial charge on any atom is -0.309 e. The van der Waals surface area contributed by atoms with Crippen LogP contribution < -0.4 is 5.32 Å². The van der Waals surface area contributed by atoms with Gasteiger partial charge in [0, 0.05) is 54.2 Å². The minimum atomic E-state index is 0.786. The largest absolute Gasteiger partial charge is 0.309 e. The first-order valence-electron chi connectivity index (χ1n) is 7.16. The van der Waals surface area contributed by atoms with Crippen LogP contribution in [0.5, 0.6) is 0 Å². The van der Waals surface area contributed by atoms with Crippen molar-refractivity contribution in [2.75, 3.05) is 7.05 Å². The van der Waals surface area contributed by atoms with E-state index in [0.29, 0.717) is 0 Å². The zero-order valence-electron chi connectivity index (χ0n) is 12.2. The number of rotatable bonds is 7. The molecule has 0 aromatic carbocycles. The Kier molecular flexibility index (Phi) is 4.19. The fourth-order valence-electron chi connectivity index (χ4n) is 2.32. The van der Waals surface area contributed by atoms with E-state index in [0.717, 1.165) is 25.7 Å². The number of aromatic nitrogens is 2. The summed E-state index contributed by atoms with van der Waals surface area (Å²) in [6, 6.07) is 5.30. The highest BCUT2D eigenvalue weighted by atomic mass is 32.1. The Labute approximate surface area is 124 Å². The molecule has 0 saturated heterocycles. The number of aryl methyl sites for hydroxylation is 1. The molecule has 0 spiro atoms. The van der Waals surface area contributed by atoms with Crippen molar-refractivity contribution in [3.63, 3.8) is 0 Å². The third kappa shape index (κ3) is 3.91. The van der Waals surface area contributed by atoms with Crippen LogP contribution in [0.1, 0.15) is 28.2 Å². The van der Waals surface area contributed by atoms with Crippen LogP contribution in [0, 0.1) is 0 Å². The van der Waals surface area contributed by atoms with Gasteiger partial charge in [-0.1, -0.05) is 0 Å². The molecule has 108 valence electrons. The number of hydrogen-bond donors (Lipinski definition) is 1. The fraction of sp³-hybridized carbons (Fsp3) is 0.533. The van der Waals surface area contributed by atoms with Crippen molar-refractivity contribution in [3.8, 4) is 0 Å². The molecule has 0 bridgehead atoms. The van der Waals surface area contributed by atoms with E-state index in [1.807, 2.05) is 29.3 Å². The van der Waals surface area contributed by atoms with Gasteiger partial charge in [0.05, 0.1) is 6.20 Å². The molecule has 1 N–H and O–H groups in total. The summed E-state index contributed by atoms with van der Waals surface area (Å²) in [6.07, 6.45) is 6.73. The summed E-state index contributed by atoms with van der Waals surface area (Å²) in [5, 5.41) is 7.78. The van der Waals surface area contributed by atoms with Crippen LogP contribution in [0.15, 0.2) is 24.5 Å². The van der Waals surface area contributed by atoms with Gasteiger partial charge in [0.1, 0.15) is 0 Å². The second-order valence-corrected chi connectivity index (χ2v) is 6.97. The smallest absolute Gasteiger partial charge is 0.0534 e. The lowest BCUT2D eigenvalue weighted by Gasteiger charge is -2.14. The van der Waals surface area contributed by atoms with Crippen LogP contribution >= 0.6 is 11.3 Å². The first kappa shape index (κ1) is 13.8.